The lowest BCUT2D eigenvalue weighted by molar-refractivity contribution is 0.0592. The van der Waals surface area contributed by atoms with E-state index < -0.39 is 5.97 Å². The van der Waals surface area contributed by atoms with Crippen LogP contribution < -0.4 is 0 Å². The van der Waals surface area contributed by atoms with Crippen LogP contribution in [0.15, 0.2) is 42.5 Å². The number of para-hydroxylation sites is 1. The summed E-state index contributed by atoms with van der Waals surface area (Å²) in [7, 11) is 1.33. The molecule has 0 saturated carbocycles. The van der Waals surface area contributed by atoms with Crippen molar-refractivity contribution in [3.63, 3.8) is 0 Å². The number of carbonyl (C=O) groups is 1. The number of pyridine rings is 1. The smallest absolute Gasteiger partial charge is 0.355 e. The third-order valence-electron chi connectivity index (χ3n) is 3.23. The highest BCUT2D eigenvalue weighted by Gasteiger charge is 2.16. The Hall–Kier alpha value is -2.89. The van der Waals surface area contributed by atoms with Gasteiger partial charge in [-0.05, 0) is 18.2 Å². The van der Waals surface area contributed by atoms with E-state index in [-0.39, 0.29) is 5.75 Å². The van der Waals surface area contributed by atoms with E-state index in [0.29, 0.717) is 29.1 Å². The molecule has 1 aromatic carbocycles. The number of hydrogen-bond donors (Lipinski definition) is 1. The van der Waals surface area contributed by atoms with E-state index in [4.69, 9.17) is 4.74 Å². The van der Waals surface area contributed by atoms with E-state index in [1.165, 1.54) is 7.11 Å². The van der Waals surface area contributed by atoms with Crippen LogP contribution in [0.5, 0.6) is 5.75 Å². The Bertz CT molecular complexity index is 811. The normalized spacial score (nSPS) is 10.7. The highest BCUT2D eigenvalue weighted by atomic mass is 16.5. The van der Waals surface area contributed by atoms with Crippen molar-refractivity contribution in [3.05, 3.63) is 59.5 Å². The fraction of sp³-hybridized carbons (Fsp3) is 0.133. The second-order valence-electron chi connectivity index (χ2n) is 4.52. The molecular formula is C15H13N3O3. The van der Waals surface area contributed by atoms with Gasteiger partial charge in [-0.25, -0.2) is 4.79 Å². The summed E-state index contributed by atoms with van der Waals surface area (Å²) in [4.78, 5) is 11.8. The minimum atomic E-state index is -0.459. The minimum absolute atomic E-state index is 0.185. The Morgan fingerprint density at radius 3 is 2.76 bits per heavy atom. The number of benzene rings is 1. The molecule has 1 N–H and O–H groups in total. The molecule has 2 aromatic heterocycles. The van der Waals surface area contributed by atoms with Gasteiger partial charge in [-0.15, -0.1) is 10.2 Å². The molecule has 0 amide bonds. The summed E-state index contributed by atoms with van der Waals surface area (Å²) >= 11 is 0. The van der Waals surface area contributed by atoms with Gasteiger partial charge in [0.05, 0.1) is 7.11 Å². The van der Waals surface area contributed by atoms with Crippen LogP contribution in [-0.4, -0.2) is 32.8 Å². The van der Waals surface area contributed by atoms with E-state index in [0.717, 1.165) is 0 Å². The second kappa shape index (κ2) is 5.24. The molecule has 0 spiro atoms. The Balaban J connectivity index is 2.11. The summed E-state index contributed by atoms with van der Waals surface area (Å²) in [5, 5.41) is 18.0. The van der Waals surface area contributed by atoms with Gasteiger partial charge in [-0.2, -0.15) is 0 Å². The standard InChI is InChI=1S/C15H13N3O3/c1-21-15(20)11-6-4-8-13-16-17-14(18(11)13)9-10-5-2-3-7-12(10)19/h2-8,19H,9H2,1H3. The van der Waals surface area contributed by atoms with E-state index in [1.807, 2.05) is 6.07 Å². The molecule has 3 aromatic rings. The summed E-state index contributed by atoms with van der Waals surface area (Å²) in [6, 6.07) is 12.1. The molecule has 3 rings (SSSR count). The maximum atomic E-state index is 11.8. The number of fused-ring (bicyclic) bond motifs is 1. The lowest BCUT2D eigenvalue weighted by atomic mass is 10.1. The number of phenols is 1. The molecule has 2 heterocycles. The molecule has 0 unspecified atom stereocenters. The first-order chi connectivity index (χ1) is 10.2. The maximum absolute atomic E-state index is 11.8. The molecule has 0 saturated heterocycles. The van der Waals surface area contributed by atoms with Crippen LogP contribution in [0, 0.1) is 0 Å². The van der Waals surface area contributed by atoms with Gasteiger partial charge in [0, 0.05) is 12.0 Å². The van der Waals surface area contributed by atoms with Crippen molar-refractivity contribution >= 4 is 11.6 Å². The van der Waals surface area contributed by atoms with Crippen LogP contribution in [0.4, 0.5) is 0 Å². The molecule has 0 aliphatic heterocycles. The SMILES string of the molecule is COC(=O)c1cccc2nnc(Cc3ccccc3O)n12. The maximum Gasteiger partial charge on any atom is 0.355 e. The molecule has 0 radical (unpaired) electrons. The van der Waals surface area contributed by atoms with Crippen molar-refractivity contribution in [2.75, 3.05) is 7.11 Å². The highest BCUT2D eigenvalue weighted by molar-refractivity contribution is 5.88. The Labute approximate surface area is 120 Å². The van der Waals surface area contributed by atoms with Crippen molar-refractivity contribution in [3.8, 4) is 5.75 Å². The number of hydrogen-bond acceptors (Lipinski definition) is 5. The number of nitrogens with zero attached hydrogens (tertiary/aromatic N) is 3. The van der Waals surface area contributed by atoms with Crippen LogP contribution >= 0.6 is 0 Å². The van der Waals surface area contributed by atoms with Crippen molar-refractivity contribution in [2.45, 2.75) is 6.42 Å². The van der Waals surface area contributed by atoms with Crippen molar-refractivity contribution in [2.24, 2.45) is 0 Å². The average Bonchev–Trinajstić information content (AvgIpc) is 2.92. The quantitative estimate of drug-likeness (QED) is 0.742. The third-order valence-corrected chi connectivity index (χ3v) is 3.23. The third kappa shape index (κ3) is 2.31. The molecule has 0 atom stereocenters. The van der Waals surface area contributed by atoms with E-state index >= 15 is 0 Å². The van der Waals surface area contributed by atoms with E-state index in [2.05, 4.69) is 10.2 Å². The van der Waals surface area contributed by atoms with E-state index in [9.17, 15) is 9.90 Å². The number of ether oxygens (including phenoxy) is 1. The Morgan fingerprint density at radius 2 is 2.00 bits per heavy atom. The first kappa shape index (κ1) is 13.1. The van der Waals surface area contributed by atoms with Gasteiger partial charge in [0.2, 0.25) is 0 Å². The van der Waals surface area contributed by atoms with Crippen molar-refractivity contribution < 1.29 is 14.6 Å². The molecule has 106 valence electrons. The van der Waals surface area contributed by atoms with Crippen LogP contribution in [0.1, 0.15) is 21.9 Å². The molecule has 6 heteroatoms. The van der Waals surface area contributed by atoms with Gasteiger partial charge in [0.15, 0.2) is 5.65 Å². The summed E-state index contributed by atoms with van der Waals surface area (Å²) in [6.45, 7) is 0. The molecule has 0 aliphatic rings. The number of esters is 1. The average molecular weight is 283 g/mol. The molecular weight excluding hydrogens is 270 g/mol. The van der Waals surface area contributed by atoms with Crippen LogP contribution in [0.2, 0.25) is 0 Å². The fourth-order valence-electron chi connectivity index (χ4n) is 2.21. The van der Waals surface area contributed by atoms with Crippen molar-refractivity contribution in [1.82, 2.24) is 14.6 Å². The van der Waals surface area contributed by atoms with Gasteiger partial charge >= 0.3 is 5.97 Å². The number of phenolic OH excluding ortho intramolecular Hbond substituents is 1. The van der Waals surface area contributed by atoms with Gasteiger partial charge in [-0.1, -0.05) is 24.3 Å². The van der Waals surface area contributed by atoms with Crippen LogP contribution in [0.3, 0.4) is 0 Å². The Morgan fingerprint density at radius 1 is 1.19 bits per heavy atom. The first-order valence-corrected chi connectivity index (χ1v) is 6.39. The fourth-order valence-corrected chi connectivity index (χ4v) is 2.21. The van der Waals surface area contributed by atoms with E-state index in [1.54, 1.807) is 40.8 Å². The zero-order valence-corrected chi connectivity index (χ0v) is 11.4. The molecule has 0 aliphatic carbocycles. The zero-order valence-electron chi connectivity index (χ0n) is 11.4. The highest BCUT2D eigenvalue weighted by Crippen LogP contribution is 2.20. The number of aromatic hydroxyl groups is 1. The monoisotopic (exact) mass is 283 g/mol. The summed E-state index contributed by atoms with van der Waals surface area (Å²) in [5.41, 5.74) is 1.63. The molecule has 6 nitrogen and oxygen atoms in total. The molecule has 0 bridgehead atoms. The zero-order chi connectivity index (χ0) is 14.8. The number of aromatic nitrogens is 3. The predicted octanol–water partition coefficient (Wildman–Crippen LogP) is 1.81. The second-order valence-corrected chi connectivity index (χ2v) is 4.52. The largest absolute Gasteiger partial charge is 0.508 e. The lowest BCUT2D eigenvalue weighted by Gasteiger charge is -2.07. The minimum Gasteiger partial charge on any atom is -0.508 e. The predicted molar refractivity (Wildman–Crippen MR) is 75.2 cm³/mol. The first-order valence-electron chi connectivity index (χ1n) is 6.39. The lowest BCUT2D eigenvalue weighted by Crippen LogP contribution is -2.10. The molecule has 0 fully saturated rings. The number of rotatable bonds is 3. The van der Waals surface area contributed by atoms with Crippen LogP contribution in [-0.2, 0) is 11.2 Å². The number of methoxy groups -OCH3 is 1. The topological polar surface area (TPSA) is 76.7 Å². The van der Waals surface area contributed by atoms with Crippen molar-refractivity contribution in [1.29, 1.82) is 0 Å². The molecule has 21 heavy (non-hydrogen) atoms. The Kier molecular flexibility index (Phi) is 3.27. The van der Waals surface area contributed by atoms with Gasteiger partial charge in [-0.3, -0.25) is 4.40 Å². The number of carbonyl (C=O) groups excluding carboxylic acids is 1. The van der Waals surface area contributed by atoms with Crippen LogP contribution in [0.25, 0.3) is 5.65 Å². The summed E-state index contributed by atoms with van der Waals surface area (Å²) in [5.74, 6) is 0.288. The van der Waals surface area contributed by atoms with Gasteiger partial charge < -0.3 is 9.84 Å². The van der Waals surface area contributed by atoms with Gasteiger partial charge in [0.1, 0.15) is 17.3 Å². The van der Waals surface area contributed by atoms with Gasteiger partial charge in [0.25, 0.3) is 0 Å². The summed E-state index contributed by atoms with van der Waals surface area (Å²) < 4.78 is 6.42. The summed E-state index contributed by atoms with van der Waals surface area (Å²) in [6.07, 6.45) is 0.363.